The van der Waals surface area contributed by atoms with Crippen molar-refractivity contribution in [2.75, 3.05) is 20.2 Å². The lowest BCUT2D eigenvalue weighted by molar-refractivity contribution is 0.287. The Kier molecular flexibility index (Phi) is 5.69. The summed E-state index contributed by atoms with van der Waals surface area (Å²) in [6.07, 6.45) is 0. The Morgan fingerprint density at radius 2 is 1.68 bits per heavy atom. The van der Waals surface area contributed by atoms with E-state index in [0.29, 0.717) is 10.8 Å². The predicted octanol–water partition coefficient (Wildman–Crippen LogP) is 3.69. The molecule has 4 nitrogen and oxygen atoms in total. The van der Waals surface area contributed by atoms with Crippen LogP contribution < -0.4 is 4.74 Å². The van der Waals surface area contributed by atoms with Crippen LogP contribution in [0.25, 0.3) is 0 Å². The van der Waals surface area contributed by atoms with E-state index in [-0.39, 0.29) is 23.1 Å². The molecule has 0 aliphatic heterocycles. The zero-order valence-corrected chi connectivity index (χ0v) is 14.2. The minimum Gasteiger partial charge on any atom is -0.492 e. The molecule has 0 aliphatic rings. The third kappa shape index (κ3) is 4.14. The lowest BCUT2D eigenvalue weighted by Gasteiger charge is -2.18. The van der Waals surface area contributed by atoms with E-state index in [4.69, 9.17) is 27.9 Å². The van der Waals surface area contributed by atoms with Crippen LogP contribution in [-0.2, 0) is 10.0 Å². The Hall–Kier alpha value is -1.27. The zero-order chi connectivity index (χ0) is 16.2. The molecule has 0 saturated heterocycles. The molecule has 0 unspecified atom stereocenters. The van der Waals surface area contributed by atoms with Gasteiger partial charge in [0.05, 0.1) is 5.02 Å². The second kappa shape index (κ2) is 7.33. The number of nitrogens with zero attached hydrogens (tertiary/aromatic N) is 1. The van der Waals surface area contributed by atoms with E-state index in [0.717, 1.165) is 0 Å². The van der Waals surface area contributed by atoms with Crippen molar-refractivity contribution in [2.24, 2.45) is 0 Å². The molecule has 0 saturated carbocycles. The highest BCUT2D eigenvalue weighted by Gasteiger charge is 2.22. The van der Waals surface area contributed by atoms with E-state index < -0.39 is 10.0 Å². The summed E-state index contributed by atoms with van der Waals surface area (Å²) < 4.78 is 31.5. The van der Waals surface area contributed by atoms with Gasteiger partial charge in [-0.1, -0.05) is 35.3 Å². The molecule has 0 aromatic heterocycles. The summed E-state index contributed by atoms with van der Waals surface area (Å²) in [7, 11) is -2.14. The average molecular weight is 360 g/mol. The van der Waals surface area contributed by atoms with Gasteiger partial charge in [-0.25, -0.2) is 8.42 Å². The number of benzene rings is 2. The molecule has 0 heterocycles. The van der Waals surface area contributed by atoms with Crippen LogP contribution in [0, 0.1) is 0 Å². The number of sulfonamides is 1. The molecule has 0 aliphatic carbocycles. The second-order valence-corrected chi connectivity index (χ2v) is 7.42. The average Bonchev–Trinajstić information content (AvgIpc) is 2.49. The smallest absolute Gasteiger partial charge is 0.244 e. The SMILES string of the molecule is CN(CCOc1ccc(Cl)cc1)S(=O)(=O)c1ccccc1Cl. The van der Waals surface area contributed by atoms with E-state index in [1.165, 1.54) is 17.4 Å². The van der Waals surface area contributed by atoms with Crippen LogP contribution in [0.5, 0.6) is 5.75 Å². The van der Waals surface area contributed by atoms with E-state index in [1.807, 2.05) is 0 Å². The summed E-state index contributed by atoms with van der Waals surface area (Å²) in [5.74, 6) is 0.632. The van der Waals surface area contributed by atoms with E-state index in [1.54, 1.807) is 42.5 Å². The highest BCUT2D eigenvalue weighted by Crippen LogP contribution is 2.23. The van der Waals surface area contributed by atoms with Gasteiger partial charge in [-0.15, -0.1) is 0 Å². The summed E-state index contributed by atoms with van der Waals surface area (Å²) >= 11 is 11.7. The van der Waals surface area contributed by atoms with Crippen molar-refractivity contribution in [3.8, 4) is 5.75 Å². The minimum absolute atomic E-state index is 0.0886. The second-order valence-electron chi connectivity index (χ2n) is 4.56. The first kappa shape index (κ1) is 17.1. The fourth-order valence-electron chi connectivity index (χ4n) is 1.76. The van der Waals surface area contributed by atoms with Crippen LogP contribution in [0.2, 0.25) is 10.0 Å². The van der Waals surface area contributed by atoms with Gasteiger partial charge in [-0.05, 0) is 36.4 Å². The van der Waals surface area contributed by atoms with Crippen LogP contribution in [0.15, 0.2) is 53.4 Å². The molecule has 0 bridgehead atoms. The van der Waals surface area contributed by atoms with Crippen LogP contribution in [0.1, 0.15) is 0 Å². The maximum Gasteiger partial charge on any atom is 0.244 e. The highest BCUT2D eigenvalue weighted by atomic mass is 35.5. The fraction of sp³-hybridized carbons (Fsp3) is 0.200. The standard InChI is InChI=1S/C15H15Cl2NO3S/c1-18(10-11-21-13-8-6-12(16)7-9-13)22(19,20)15-5-3-2-4-14(15)17/h2-9H,10-11H2,1H3. The van der Waals surface area contributed by atoms with Gasteiger partial charge in [-0.3, -0.25) is 0 Å². The normalized spacial score (nSPS) is 11.6. The molecule has 22 heavy (non-hydrogen) atoms. The van der Waals surface area contributed by atoms with Crippen molar-refractivity contribution in [3.63, 3.8) is 0 Å². The Balaban J connectivity index is 1.98. The topological polar surface area (TPSA) is 46.6 Å². The number of likely N-dealkylation sites (N-methyl/N-ethyl adjacent to an activating group) is 1. The van der Waals surface area contributed by atoms with Gasteiger partial charge in [0.15, 0.2) is 0 Å². The maximum absolute atomic E-state index is 12.4. The molecule has 7 heteroatoms. The van der Waals surface area contributed by atoms with Gasteiger partial charge in [0.2, 0.25) is 10.0 Å². The molecule has 0 N–H and O–H groups in total. The van der Waals surface area contributed by atoms with Crippen molar-refractivity contribution >= 4 is 33.2 Å². The quantitative estimate of drug-likeness (QED) is 0.789. The van der Waals surface area contributed by atoms with E-state index in [2.05, 4.69) is 0 Å². The van der Waals surface area contributed by atoms with Crippen molar-refractivity contribution in [1.29, 1.82) is 0 Å². The lowest BCUT2D eigenvalue weighted by atomic mass is 10.3. The first-order valence-corrected chi connectivity index (χ1v) is 8.70. The number of ether oxygens (including phenoxy) is 1. The zero-order valence-electron chi connectivity index (χ0n) is 11.9. The number of hydrogen-bond donors (Lipinski definition) is 0. The molecule has 0 fully saturated rings. The molecule has 2 rings (SSSR count). The van der Waals surface area contributed by atoms with Crippen LogP contribution in [0.4, 0.5) is 0 Å². The summed E-state index contributed by atoms with van der Waals surface area (Å²) in [5, 5.41) is 0.818. The summed E-state index contributed by atoms with van der Waals surface area (Å²) in [6.45, 7) is 0.429. The number of halogens is 2. The molecular formula is C15H15Cl2NO3S. The van der Waals surface area contributed by atoms with Crippen LogP contribution in [-0.4, -0.2) is 32.9 Å². The third-order valence-corrected chi connectivity index (χ3v) is 5.62. The Bertz CT molecular complexity index is 733. The number of hydrogen-bond acceptors (Lipinski definition) is 3. The van der Waals surface area contributed by atoms with Gasteiger partial charge in [0.1, 0.15) is 17.3 Å². The van der Waals surface area contributed by atoms with Crippen LogP contribution >= 0.6 is 23.2 Å². The van der Waals surface area contributed by atoms with Crippen molar-refractivity contribution in [2.45, 2.75) is 4.90 Å². The first-order valence-electron chi connectivity index (χ1n) is 6.50. The molecule has 2 aromatic rings. The minimum atomic E-state index is -3.63. The third-order valence-electron chi connectivity index (χ3n) is 3.01. The van der Waals surface area contributed by atoms with E-state index in [9.17, 15) is 8.42 Å². The monoisotopic (exact) mass is 359 g/mol. The maximum atomic E-state index is 12.4. The van der Waals surface area contributed by atoms with Crippen LogP contribution in [0.3, 0.4) is 0 Å². The lowest BCUT2D eigenvalue weighted by Crippen LogP contribution is -2.31. The van der Waals surface area contributed by atoms with Gasteiger partial charge < -0.3 is 4.74 Å². The summed E-state index contributed by atoms with van der Waals surface area (Å²) in [4.78, 5) is 0.0886. The van der Waals surface area contributed by atoms with Gasteiger partial charge in [0.25, 0.3) is 0 Å². The molecule has 0 spiro atoms. The Morgan fingerprint density at radius 1 is 1.05 bits per heavy atom. The largest absolute Gasteiger partial charge is 0.492 e. The first-order chi connectivity index (χ1) is 10.4. The Labute approximate surface area is 140 Å². The van der Waals surface area contributed by atoms with Gasteiger partial charge >= 0.3 is 0 Å². The summed E-state index contributed by atoms with van der Waals surface area (Å²) in [6, 6.07) is 13.2. The van der Waals surface area contributed by atoms with Gasteiger partial charge in [-0.2, -0.15) is 4.31 Å². The molecule has 0 amide bonds. The van der Waals surface area contributed by atoms with E-state index >= 15 is 0 Å². The molecular weight excluding hydrogens is 345 g/mol. The molecule has 118 valence electrons. The van der Waals surface area contributed by atoms with Crippen molar-refractivity contribution in [3.05, 3.63) is 58.6 Å². The summed E-state index contributed by atoms with van der Waals surface area (Å²) in [5.41, 5.74) is 0. The predicted molar refractivity (Wildman–Crippen MR) is 88.2 cm³/mol. The highest BCUT2D eigenvalue weighted by molar-refractivity contribution is 7.89. The number of rotatable bonds is 6. The fourth-order valence-corrected chi connectivity index (χ4v) is 3.53. The van der Waals surface area contributed by atoms with Crippen molar-refractivity contribution < 1.29 is 13.2 Å². The molecule has 0 radical (unpaired) electrons. The van der Waals surface area contributed by atoms with Gasteiger partial charge in [0, 0.05) is 18.6 Å². The Morgan fingerprint density at radius 3 is 2.32 bits per heavy atom. The molecule has 2 aromatic carbocycles. The van der Waals surface area contributed by atoms with Crippen molar-refractivity contribution in [1.82, 2.24) is 4.31 Å². The molecule has 0 atom stereocenters.